The molecule has 0 spiro atoms. The van der Waals surface area contributed by atoms with E-state index in [9.17, 15) is 0 Å². The van der Waals surface area contributed by atoms with E-state index in [1.807, 2.05) is 6.92 Å². The van der Waals surface area contributed by atoms with E-state index in [-0.39, 0.29) is 0 Å². The largest absolute Gasteiger partial charge is 0.383 e. The first-order chi connectivity index (χ1) is 9.58. The van der Waals surface area contributed by atoms with E-state index in [0.29, 0.717) is 11.1 Å². The van der Waals surface area contributed by atoms with Crippen LogP contribution in [-0.4, -0.2) is 25.5 Å². The minimum absolute atomic E-state index is 0.614. The molecule has 0 aliphatic carbocycles. The van der Waals surface area contributed by atoms with Crippen molar-refractivity contribution in [2.24, 2.45) is 0 Å². The number of hydrogen-bond donors (Lipinski definition) is 1. The molecule has 0 radical (unpaired) electrons. The lowest BCUT2D eigenvalue weighted by atomic mass is 10.2. The first kappa shape index (κ1) is 13.7. The van der Waals surface area contributed by atoms with Crippen LogP contribution in [0.1, 0.15) is 36.3 Å². The maximum atomic E-state index is 6.10. The highest BCUT2D eigenvalue weighted by atomic mass is 32.2. The van der Waals surface area contributed by atoms with Gasteiger partial charge in [0.15, 0.2) is 0 Å². The molecule has 5 heteroatoms. The average Bonchev–Trinajstić information content (AvgIpc) is 2.65. The van der Waals surface area contributed by atoms with Crippen LogP contribution in [0.5, 0.6) is 0 Å². The van der Waals surface area contributed by atoms with Crippen molar-refractivity contribution in [3.63, 3.8) is 0 Å². The van der Waals surface area contributed by atoms with Crippen LogP contribution < -0.4 is 5.73 Å². The molecule has 1 aliphatic rings. The molecule has 0 saturated carbocycles. The zero-order valence-corrected chi connectivity index (χ0v) is 13.3. The van der Waals surface area contributed by atoms with Gasteiger partial charge in [0.2, 0.25) is 0 Å². The molecule has 3 rings (SSSR count). The molecule has 1 fully saturated rings. The molecule has 2 N–H and O–H groups in total. The van der Waals surface area contributed by atoms with Crippen molar-refractivity contribution >= 4 is 28.6 Å². The zero-order chi connectivity index (χ0) is 14.3. The topological polar surface area (TPSA) is 56.7 Å². The number of anilines is 1. The summed E-state index contributed by atoms with van der Waals surface area (Å²) in [5.41, 5.74) is 9.61. The van der Waals surface area contributed by atoms with E-state index >= 15 is 0 Å². The number of hydrogen-bond acceptors (Lipinski definition) is 4. The molecule has 4 nitrogen and oxygen atoms in total. The molecule has 2 aromatic heterocycles. The van der Waals surface area contributed by atoms with Crippen LogP contribution in [0.4, 0.5) is 5.82 Å². The van der Waals surface area contributed by atoms with Crippen LogP contribution in [-0.2, 0) is 6.54 Å². The van der Waals surface area contributed by atoms with Crippen LogP contribution in [0.15, 0.2) is 0 Å². The highest BCUT2D eigenvalue weighted by Gasteiger charge is 2.20. The van der Waals surface area contributed by atoms with Gasteiger partial charge in [-0.15, -0.1) is 0 Å². The molecule has 2 aromatic rings. The molecule has 0 aromatic carbocycles. The Labute approximate surface area is 124 Å². The van der Waals surface area contributed by atoms with Gasteiger partial charge < -0.3 is 10.3 Å². The number of thioether (sulfide) groups is 1. The van der Waals surface area contributed by atoms with Crippen LogP contribution >= 0.6 is 11.8 Å². The summed E-state index contributed by atoms with van der Waals surface area (Å²) in [6.45, 7) is 7.24. The van der Waals surface area contributed by atoms with Crippen molar-refractivity contribution in [2.75, 3.05) is 11.5 Å². The second-order valence-electron chi connectivity index (χ2n) is 5.66. The van der Waals surface area contributed by atoms with Crippen LogP contribution in [0.25, 0.3) is 11.0 Å². The number of nitrogens with two attached hydrogens (primary N) is 1. The van der Waals surface area contributed by atoms with Gasteiger partial charge in [-0.3, -0.25) is 0 Å². The summed E-state index contributed by atoms with van der Waals surface area (Å²) in [5.74, 6) is 2.66. The molecule has 1 saturated heterocycles. The summed E-state index contributed by atoms with van der Waals surface area (Å²) in [7, 11) is 0. The molecule has 1 atom stereocenters. The molecule has 0 bridgehead atoms. The van der Waals surface area contributed by atoms with E-state index in [1.54, 1.807) is 0 Å². The Morgan fingerprint density at radius 2 is 2.05 bits per heavy atom. The highest BCUT2D eigenvalue weighted by molar-refractivity contribution is 7.99. The second kappa shape index (κ2) is 5.28. The van der Waals surface area contributed by atoms with Crippen molar-refractivity contribution < 1.29 is 0 Å². The summed E-state index contributed by atoms with van der Waals surface area (Å²) < 4.78 is 2.35. The zero-order valence-electron chi connectivity index (χ0n) is 12.4. The van der Waals surface area contributed by atoms with Gasteiger partial charge in [-0.25, -0.2) is 9.97 Å². The van der Waals surface area contributed by atoms with Crippen LogP contribution in [0, 0.1) is 20.8 Å². The fourth-order valence-electron chi connectivity index (χ4n) is 3.05. The number of aryl methyl sites for hydroxylation is 2. The molecule has 0 amide bonds. The highest BCUT2D eigenvalue weighted by Crippen LogP contribution is 2.31. The molecular weight excluding hydrogens is 268 g/mol. The molecule has 20 heavy (non-hydrogen) atoms. The Morgan fingerprint density at radius 3 is 2.75 bits per heavy atom. The minimum atomic E-state index is 0.614. The third-order valence-electron chi connectivity index (χ3n) is 4.27. The molecular formula is C15H22N4S. The molecule has 1 unspecified atom stereocenters. The lowest BCUT2D eigenvalue weighted by molar-refractivity contribution is 0.583. The van der Waals surface area contributed by atoms with E-state index in [1.165, 1.54) is 36.3 Å². The van der Waals surface area contributed by atoms with E-state index in [2.05, 4.69) is 40.1 Å². The van der Waals surface area contributed by atoms with Crippen molar-refractivity contribution in [3.8, 4) is 0 Å². The van der Waals surface area contributed by atoms with Gasteiger partial charge >= 0.3 is 0 Å². The van der Waals surface area contributed by atoms with E-state index in [0.717, 1.165) is 23.4 Å². The molecule has 108 valence electrons. The Balaban J connectivity index is 2.07. The average molecular weight is 290 g/mol. The molecule has 3 heterocycles. The van der Waals surface area contributed by atoms with Gasteiger partial charge in [-0.05, 0) is 44.9 Å². The van der Waals surface area contributed by atoms with Crippen LogP contribution in [0.3, 0.4) is 0 Å². The Hall–Kier alpha value is -1.23. The quantitative estimate of drug-likeness (QED) is 0.922. The van der Waals surface area contributed by atoms with Gasteiger partial charge in [0.25, 0.3) is 0 Å². The number of nitrogen functional groups attached to an aromatic ring is 1. The maximum absolute atomic E-state index is 6.10. The second-order valence-corrected chi connectivity index (χ2v) is 7.07. The SMILES string of the molecule is Cc1nc(N)c2c(C)c(C)n(CC3CCCCS3)c2n1. The molecule has 1 aliphatic heterocycles. The number of fused-ring (bicyclic) bond motifs is 1. The Morgan fingerprint density at radius 1 is 1.25 bits per heavy atom. The lowest BCUT2D eigenvalue weighted by Crippen LogP contribution is -2.18. The van der Waals surface area contributed by atoms with Crippen LogP contribution in [0.2, 0.25) is 0 Å². The first-order valence-electron chi connectivity index (χ1n) is 7.29. The first-order valence-corrected chi connectivity index (χ1v) is 8.34. The van der Waals surface area contributed by atoms with E-state index < -0.39 is 0 Å². The van der Waals surface area contributed by atoms with Crippen molar-refractivity contribution in [3.05, 3.63) is 17.1 Å². The van der Waals surface area contributed by atoms with Gasteiger partial charge in [0, 0.05) is 17.5 Å². The van der Waals surface area contributed by atoms with Gasteiger partial charge in [0.05, 0.1) is 5.39 Å². The van der Waals surface area contributed by atoms with Gasteiger partial charge in [0.1, 0.15) is 17.3 Å². The number of aromatic nitrogens is 3. The third-order valence-corrected chi connectivity index (χ3v) is 5.65. The van der Waals surface area contributed by atoms with E-state index in [4.69, 9.17) is 5.73 Å². The summed E-state index contributed by atoms with van der Waals surface area (Å²) >= 11 is 2.10. The fourth-order valence-corrected chi connectivity index (χ4v) is 4.35. The Kier molecular flexibility index (Phi) is 3.63. The summed E-state index contributed by atoms with van der Waals surface area (Å²) in [5, 5.41) is 1.74. The smallest absolute Gasteiger partial charge is 0.146 e. The Bertz CT molecular complexity index is 641. The van der Waals surface area contributed by atoms with Crippen molar-refractivity contribution in [2.45, 2.75) is 51.8 Å². The summed E-state index contributed by atoms with van der Waals surface area (Å²) in [6.07, 6.45) is 4.02. The normalized spacial score (nSPS) is 19.6. The minimum Gasteiger partial charge on any atom is -0.383 e. The third kappa shape index (κ3) is 2.28. The fraction of sp³-hybridized carbons (Fsp3) is 0.600. The maximum Gasteiger partial charge on any atom is 0.146 e. The number of nitrogens with zero attached hydrogens (tertiary/aromatic N) is 3. The number of rotatable bonds is 2. The van der Waals surface area contributed by atoms with Gasteiger partial charge in [-0.1, -0.05) is 6.42 Å². The van der Waals surface area contributed by atoms with Crippen molar-refractivity contribution in [1.29, 1.82) is 0 Å². The predicted molar refractivity (Wildman–Crippen MR) is 86.2 cm³/mol. The predicted octanol–water partition coefficient (Wildman–Crippen LogP) is 3.22. The summed E-state index contributed by atoms with van der Waals surface area (Å²) in [4.78, 5) is 8.96. The summed E-state index contributed by atoms with van der Waals surface area (Å²) in [6, 6.07) is 0. The lowest BCUT2D eigenvalue weighted by Gasteiger charge is -2.22. The van der Waals surface area contributed by atoms with Crippen molar-refractivity contribution in [1.82, 2.24) is 14.5 Å². The van der Waals surface area contributed by atoms with Gasteiger partial charge in [-0.2, -0.15) is 11.8 Å². The monoisotopic (exact) mass is 290 g/mol. The standard InChI is InChI=1S/C15H22N4S/c1-9-10(2)19(8-12-6-4-5-7-20-12)15-13(9)14(16)17-11(3)18-15/h12H,4-8H2,1-3H3,(H2,16,17,18).